The second kappa shape index (κ2) is 5.21. The zero-order chi connectivity index (χ0) is 13.2. The summed E-state index contributed by atoms with van der Waals surface area (Å²) in [4.78, 5) is 14.0. The van der Waals surface area contributed by atoms with Gasteiger partial charge in [0.25, 0.3) is 0 Å². The van der Waals surface area contributed by atoms with Gasteiger partial charge in [0.15, 0.2) is 0 Å². The third-order valence-corrected chi connectivity index (χ3v) is 4.11. The molecule has 2 amide bonds. The number of aryl methyl sites for hydroxylation is 1. The van der Waals surface area contributed by atoms with Crippen molar-refractivity contribution < 1.29 is 4.79 Å². The van der Waals surface area contributed by atoms with Gasteiger partial charge < -0.3 is 15.5 Å². The molecule has 3 rings (SSSR count). The van der Waals surface area contributed by atoms with Crippen molar-refractivity contribution in [2.75, 3.05) is 26.2 Å². The maximum atomic E-state index is 12.0. The van der Waals surface area contributed by atoms with E-state index in [9.17, 15) is 4.79 Å². The van der Waals surface area contributed by atoms with Gasteiger partial charge in [-0.05, 0) is 37.9 Å². The van der Waals surface area contributed by atoms with Gasteiger partial charge in [-0.1, -0.05) is 29.8 Å². The zero-order valence-electron chi connectivity index (χ0n) is 11.4. The Bertz CT molecular complexity index is 451. The van der Waals surface area contributed by atoms with Gasteiger partial charge >= 0.3 is 6.03 Å². The van der Waals surface area contributed by atoms with Crippen LogP contribution < -0.4 is 10.6 Å². The van der Waals surface area contributed by atoms with Crippen LogP contribution in [0.1, 0.15) is 23.6 Å². The van der Waals surface area contributed by atoms with Gasteiger partial charge in [-0.2, -0.15) is 0 Å². The summed E-state index contributed by atoms with van der Waals surface area (Å²) in [7, 11) is 0. The van der Waals surface area contributed by atoms with Crippen LogP contribution in [0.2, 0.25) is 0 Å². The van der Waals surface area contributed by atoms with Crippen molar-refractivity contribution in [3.8, 4) is 0 Å². The molecule has 0 aliphatic carbocycles. The molecule has 0 bridgehead atoms. The van der Waals surface area contributed by atoms with Gasteiger partial charge in [0.1, 0.15) is 0 Å². The van der Waals surface area contributed by atoms with E-state index in [4.69, 9.17) is 0 Å². The lowest BCUT2D eigenvalue weighted by atomic mass is 10.1. The van der Waals surface area contributed by atoms with Crippen LogP contribution in [0.5, 0.6) is 0 Å². The first-order chi connectivity index (χ1) is 9.22. The van der Waals surface area contributed by atoms with Crippen molar-refractivity contribution >= 4 is 6.03 Å². The van der Waals surface area contributed by atoms with Gasteiger partial charge in [-0.15, -0.1) is 0 Å². The lowest BCUT2D eigenvalue weighted by Gasteiger charge is -2.18. The SMILES string of the molecule is Cc1ccc(C2CN(CC3CCNC3)C(=O)N2)cc1. The van der Waals surface area contributed by atoms with Crippen molar-refractivity contribution in [2.24, 2.45) is 5.92 Å². The summed E-state index contributed by atoms with van der Waals surface area (Å²) in [5.74, 6) is 0.613. The number of carbonyl (C=O) groups excluding carboxylic acids is 1. The summed E-state index contributed by atoms with van der Waals surface area (Å²) in [6, 6.07) is 8.65. The molecule has 2 saturated heterocycles. The summed E-state index contributed by atoms with van der Waals surface area (Å²) in [5.41, 5.74) is 2.45. The molecule has 2 aliphatic rings. The number of hydrogen-bond acceptors (Lipinski definition) is 2. The topological polar surface area (TPSA) is 44.4 Å². The second-order valence-corrected chi connectivity index (χ2v) is 5.68. The highest BCUT2D eigenvalue weighted by molar-refractivity contribution is 5.77. The molecule has 2 atom stereocenters. The molecule has 1 aromatic rings. The van der Waals surface area contributed by atoms with Crippen LogP contribution in [0.3, 0.4) is 0 Å². The Labute approximate surface area is 114 Å². The quantitative estimate of drug-likeness (QED) is 0.867. The molecule has 1 aromatic carbocycles. The number of amides is 2. The molecule has 0 saturated carbocycles. The summed E-state index contributed by atoms with van der Waals surface area (Å²) in [6.45, 7) is 5.87. The average molecular weight is 259 g/mol. The van der Waals surface area contributed by atoms with Gasteiger partial charge in [0.2, 0.25) is 0 Å². The standard InChI is InChI=1S/C15H21N3O/c1-11-2-4-13(5-3-11)14-10-18(15(19)17-14)9-12-6-7-16-8-12/h2-5,12,14,16H,6-10H2,1H3,(H,17,19). The number of nitrogens with one attached hydrogen (secondary N) is 2. The Balaban J connectivity index is 1.63. The lowest BCUT2D eigenvalue weighted by molar-refractivity contribution is 0.210. The van der Waals surface area contributed by atoms with Crippen molar-refractivity contribution in [1.82, 2.24) is 15.5 Å². The molecule has 102 valence electrons. The van der Waals surface area contributed by atoms with E-state index in [0.29, 0.717) is 5.92 Å². The fourth-order valence-electron chi connectivity index (χ4n) is 2.92. The number of nitrogens with zero attached hydrogens (tertiary/aromatic N) is 1. The summed E-state index contributed by atoms with van der Waals surface area (Å²) in [5, 5.41) is 6.43. The lowest BCUT2D eigenvalue weighted by Crippen LogP contribution is -2.33. The van der Waals surface area contributed by atoms with Crippen molar-refractivity contribution in [1.29, 1.82) is 0 Å². The number of carbonyl (C=O) groups is 1. The van der Waals surface area contributed by atoms with Crippen LogP contribution in [-0.4, -0.2) is 37.1 Å². The van der Waals surface area contributed by atoms with Crippen LogP contribution in [0.15, 0.2) is 24.3 Å². The number of benzene rings is 1. The van der Waals surface area contributed by atoms with Gasteiger partial charge in [0, 0.05) is 13.1 Å². The normalized spacial score (nSPS) is 26.8. The monoisotopic (exact) mass is 259 g/mol. The summed E-state index contributed by atoms with van der Waals surface area (Å²) in [6.07, 6.45) is 1.18. The van der Waals surface area contributed by atoms with E-state index in [1.54, 1.807) is 0 Å². The van der Waals surface area contributed by atoms with Crippen LogP contribution in [0.25, 0.3) is 0 Å². The molecule has 2 aliphatic heterocycles. The van der Waals surface area contributed by atoms with E-state index in [-0.39, 0.29) is 12.1 Å². The Morgan fingerprint density at radius 1 is 1.32 bits per heavy atom. The van der Waals surface area contributed by atoms with E-state index in [2.05, 4.69) is 41.8 Å². The molecule has 2 unspecified atom stereocenters. The molecule has 0 radical (unpaired) electrons. The first kappa shape index (κ1) is 12.5. The predicted molar refractivity (Wildman–Crippen MR) is 75.0 cm³/mol. The van der Waals surface area contributed by atoms with E-state index >= 15 is 0 Å². The van der Waals surface area contributed by atoms with Crippen LogP contribution in [0.4, 0.5) is 4.79 Å². The number of hydrogen-bond donors (Lipinski definition) is 2. The van der Waals surface area contributed by atoms with Gasteiger partial charge in [0.05, 0.1) is 6.04 Å². The van der Waals surface area contributed by atoms with E-state index in [0.717, 1.165) is 26.2 Å². The average Bonchev–Trinajstić information content (AvgIpc) is 3.02. The van der Waals surface area contributed by atoms with Crippen molar-refractivity contribution in [3.63, 3.8) is 0 Å². The molecule has 2 fully saturated rings. The largest absolute Gasteiger partial charge is 0.329 e. The third-order valence-electron chi connectivity index (χ3n) is 4.11. The van der Waals surface area contributed by atoms with Crippen molar-refractivity contribution in [3.05, 3.63) is 35.4 Å². The molecule has 0 aromatic heterocycles. The highest BCUT2D eigenvalue weighted by atomic mass is 16.2. The fraction of sp³-hybridized carbons (Fsp3) is 0.533. The minimum atomic E-state index is 0.0810. The Morgan fingerprint density at radius 2 is 2.11 bits per heavy atom. The van der Waals surface area contributed by atoms with E-state index in [1.165, 1.54) is 17.5 Å². The van der Waals surface area contributed by atoms with E-state index < -0.39 is 0 Å². The number of urea groups is 1. The smallest absolute Gasteiger partial charge is 0.318 e. The molecule has 4 heteroatoms. The van der Waals surface area contributed by atoms with Crippen LogP contribution >= 0.6 is 0 Å². The predicted octanol–water partition coefficient (Wildman–Crippen LogP) is 1.67. The minimum Gasteiger partial charge on any atom is -0.329 e. The maximum absolute atomic E-state index is 12.0. The fourth-order valence-corrected chi connectivity index (χ4v) is 2.92. The Kier molecular flexibility index (Phi) is 3.42. The first-order valence-corrected chi connectivity index (χ1v) is 7.05. The van der Waals surface area contributed by atoms with E-state index in [1.807, 2.05) is 4.90 Å². The molecule has 2 heterocycles. The zero-order valence-corrected chi connectivity index (χ0v) is 11.4. The van der Waals surface area contributed by atoms with Crippen molar-refractivity contribution in [2.45, 2.75) is 19.4 Å². The molecule has 0 spiro atoms. The first-order valence-electron chi connectivity index (χ1n) is 7.05. The van der Waals surface area contributed by atoms with Crippen LogP contribution in [0, 0.1) is 12.8 Å². The van der Waals surface area contributed by atoms with Gasteiger partial charge in [-0.3, -0.25) is 0 Å². The molecule has 19 heavy (non-hydrogen) atoms. The molecular formula is C15H21N3O. The summed E-state index contributed by atoms with van der Waals surface area (Å²) < 4.78 is 0. The highest BCUT2D eigenvalue weighted by Crippen LogP contribution is 2.22. The Hall–Kier alpha value is -1.55. The molecular weight excluding hydrogens is 238 g/mol. The minimum absolute atomic E-state index is 0.0810. The highest BCUT2D eigenvalue weighted by Gasteiger charge is 2.31. The third kappa shape index (κ3) is 2.73. The molecule has 2 N–H and O–H groups in total. The second-order valence-electron chi connectivity index (χ2n) is 5.68. The van der Waals surface area contributed by atoms with Gasteiger partial charge in [-0.25, -0.2) is 4.79 Å². The number of rotatable bonds is 3. The molecule has 4 nitrogen and oxygen atoms in total. The van der Waals surface area contributed by atoms with Crippen LogP contribution in [-0.2, 0) is 0 Å². The Morgan fingerprint density at radius 3 is 2.79 bits per heavy atom. The maximum Gasteiger partial charge on any atom is 0.318 e. The summed E-state index contributed by atoms with van der Waals surface area (Å²) >= 11 is 0.